The van der Waals surface area contributed by atoms with Crippen molar-refractivity contribution < 1.29 is 0 Å². The fourth-order valence-corrected chi connectivity index (χ4v) is 2.81. The first-order valence-electron chi connectivity index (χ1n) is 5.30. The van der Waals surface area contributed by atoms with E-state index in [1.807, 2.05) is 10.7 Å². The third-order valence-electron chi connectivity index (χ3n) is 2.35. The number of hydrogen-bond donors (Lipinski definition) is 0. The molecule has 0 aliphatic rings. The molecule has 82 valence electrons. The van der Waals surface area contributed by atoms with E-state index in [4.69, 9.17) is 0 Å². The Bertz CT molecular complexity index is 403. The van der Waals surface area contributed by atoms with Crippen LogP contribution in [-0.2, 0) is 6.42 Å². The molecule has 15 heavy (non-hydrogen) atoms. The van der Waals surface area contributed by atoms with Crippen molar-refractivity contribution in [3.63, 3.8) is 0 Å². The fraction of sp³-hybridized carbons (Fsp3) is 0.600. The van der Waals surface area contributed by atoms with Crippen LogP contribution in [0.1, 0.15) is 38.3 Å². The van der Waals surface area contributed by atoms with E-state index in [2.05, 4.69) is 32.9 Å². The van der Waals surface area contributed by atoms with Crippen LogP contribution in [0, 0.1) is 0 Å². The maximum absolute atomic E-state index is 4.52. The Balaban J connectivity index is 1.94. The van der Waals surface area contributed by atoms with Gasteiger partial charge in [-0.2, -0.15) is 0 Å². The van der Waals surface area contributed by atoms with Gasteiger partial charge in [0.1, 0.15) is 0 Å². The van der Waals surface area contributed by atoms with Crippen LogP contribution in [0.25, 0.3) is 4.96 Å². The van der Waals surface area contributed by atoms with Gasteiger partial charge in [-0.3, -0.25) is 0 Å². The van der Waals surface area contributed by atoms with Gasteiger partial charge in [0.25, 0.3) is 0 Å². The average Bonchev–Trinajstić information content (AvgIpc) is 2.69. The molecule has 2 rings (SSSR count). The Labute approximate surface area is 102 Å². The second-order valence-corrected chi connectivity index (χ2v) is 5.86. The van der Waals surface area contributed by atoms with Gasteiger partial charge in [0.15, 0.2) is 3.92 Å². The summed E-state index contributed by atoms with van der Waals surface area (Å²) in [6, 6.07) is 0. The first kappa shape index (κ1) is 11.1. The quantitative estimate of drug-likeness (QED) is 0.786. The smallest absolute Gasteiger partial charge is 0.213 e. The van der Waals surface area contributed by atoms with Gasteiger partial charge in [0.2, 0.25) is 4.96 Å². The summed E-state index contributed by atoms with van der Waals surface area (Å²) in [5.41, 5.74) is 1.16. The molecule has 0 bridgehead atoms. The highest BCUT2D eigenvalue weighted by Gasteiger charge is 2.05. The van der Waals surface area contributed by atoms with Crippen molar-refractivity contribution in [2.75, 3.05) is 0 Å². The lowest BCUT2D eigenvalue weighted by Crippen LogP contribution is -1.85. The van der Waals surface area contributed by atoms with Gasteiger partial charge < -0.3 is 0 Å². The van der Waals surface area contributed by atoms with Crippen molar-refractivity contribution in [2.45, 2.75) is 39.0 Å². The largest absolute Gasteiger partial charge is 0.223 e. The maximum atomic E-state index is 4.52. The Morgan fingerprint density at radius 2 is 2.27 bits per heavy atom. The van der Waals surface area contributed by atoms with E-state index in [0.29, 0.717) is 0 Å². The molecule has 0 unspecified atom stereocenters. The van der Waals surface area contributed by atoms with Crippen molar-refractivity contribution in [3.05, 3.63) is 15.8 Å². The first-order valence-corrected chi connectivity index (χ1v) is 6.91. The first-order chi connectivity index (χ1) is 7.29. The molecular weight excluding hydrogens is 274 g/mol. The van der Waals surface area contributed by atoms with E-state index in [0.717, 1.165) is 21.0 Å². The topological polar surface area (TPSA) is 30.2 Å². The number of aromatic nitrogens is 3. The molecule has 2 aromatic rings. The van der Waals surface area contributed by atoms with Gasteiger partial charge >= 0.3 is 0 Å². The normalized spacial score (nSPS) is 11.3. The summed E-state index contributed by atoms with van der Waals surface area (Å²) < 4.78 is 2.74. The van der Waals surface area contributed by atoms with Crippen LogP contribution in [0.2, 0.25) is 0 Å². The number of nitrogens with zero attached hydrogens (tertiary/aromatic N) is 3. The third kappa shape index (κ3) is 2.78. The zero-order valence-corrected chi connectivity index (χ0v) is 11.1. The second kappa shape index (κ2) is 5.07. The van der Waals surface area contributed by atoms with Crippen molar-refractivity contribution in [1.82, 2.24) is 14.6 Å². The van der Waals surface area contributed by atoms with Crippen LogP contribution in [0.4, 0.5) is 0 Å². The van der Waals surface area contributed by atoms with Gasteiger partial charge in [-0.25, -0.2) is 9.50 Å². The molecule has 0 N–H and O–H groups in total. The highest BCUT2D eigenvalue weighted by molar-refractivity contribution is 9.11. The van der Waals surface area contributed by atoms with Crippen molar-refractivity contribution in [3.8, 4) is 0 Å². The summed E-state index contributed by atoms with van der Waals surface area (Å²) in [4.78, 5) is 5.50. The summed E-state index contributed by atoms with van der Waals surface area (Å²) >= 11 is 4.92. The Morgan fingerprint density at radius 1 is 1.40 bits per heavy atom. The molecule has 0 saturated heterocycles. The summed E-state index contributed by atoms with van der Waals surface area (Å²) in [6.45, 7) is 2.23. The van der Waals surface area contributed by atoms with E-state index in [1.54, 1.807) is 11.3 Å². The fourth-order valence-electron chi connectivity index (χ4n) is 1.57. The molecule has 0 amide bonds. The zero-order valence-electron chi connectivity index (χ0n) is 8.74. The lowest BCUT2D eigenvalue weighted by molar-refractivity contribution is 0.662. The van der Waals surface area contributed by atoms with Gasteiger partial charge in [0.05, 0.1) is 11.9 Å². The Morgan fingerprint density at radius 3 is 3.00 bits per heavy atom. The number of imidazole rings is 1. The monoisotopic (exact) mass is 287 g/mol. The number of fused-ring (bicyclic) bond motifs is 1. The number of rotatable bonds is 5. The molecule has 0 aliphatic heterocycles. The predicted octanol–water partition coefficient (Wildman–Crippen LogP) is 3.68. The standard InChI is InChI=1S/C10H14BrN3S/c1-2-3-4-5-6-8-7-14-10(12-8)15-9(11)13-14/h7H,2-6H2,1H3. The minimum atomic E-state index is 0.891. The number of halogens is 1. The molecule has 2 heterocycles. The number of unbranched alkanes of at least 4 members (excludes halogenated alkanes) is 3. The third-order valence-corrected chi connectivity index (χ3v) is 3.71. The van der Waals surface area contributed by atoms with Crippen LogP contribution in [0.5, 0.6) is 0 Å². The second-order valence-electron chi connectivity index (χ2n) is 3.63. The summed E-state index contributed by atoms with van der Waals surface area (Å²) in [6.07, 6.45) is 8.26. The number of aryl methyl sites for hydroxylation is 1. The lowest BCUT2D eigenvalue weighted by Gasteiger charge is -1.95. The van der Waals surface area contributed by atoms with Crippen LogP contribution in [0.15, 0.2) is 10.1 Å². The highest BCUT2D eigenvalue weighted by atomic mass is 79.9. The van der Waals surface area contributed by atoms with Crippen LogP contribution >= 0.6 is 27.3 Å². The van der Waals surface area contributed by atoms with Crippen molar-refractivity contribution in [2.24, 2.45) is 0 Å². The molecule has 0 atom stereocenters. The minimum Gasteiger partial charge on any atom is -0.223 e. The molecule has 0 radical (unpaired) electrons. The summed E-state index contributed by atoms with van der Waals surface area (Å²) in [5.74, 6) is 0. The van der Waals surface area contributed by atoms with Gasteiger partial charge in [0, 0.05) is 0 Å². The lowest BCUT2D eigenvalue weighted by atomic mass is 10.1. The Kier molecular flexibility index (Phi) is 3.75. The maximum Gasteiger partial charge on any atom is 0.213 e. The number of hydrogen-bond acceptors (Lipinski definition) is 3. The summed E-state index contributed by atoms with van der Waals surface area (Å²) in [7, 11) is 0. The van der Waals surface area contributed by atoms with Crippen LogP contribution in [0.3, 0.4) is 0 Å². The Hall–Kier alpha value is -0.420. The van der Waals surface area contributed by atoms with Crippen molar-refractivity contribution in [1.29, 1.82) is 0 Å². The van der Waals surface area contributed by atoms with Crippen molar-refractivity contribution >= 4 is 32.2 Å². The van der Waals surface area contributed by atoms with E-state index in [9.17, 15) is 0 Å². The predicted molar refractivity (Wildman–Crippen MR) is 66.4 cm³/mol. The van der Waals surface area contributed by atoms with Crippen LogP contribution in [-0.4, -0.2) is 14.6 Å². The van der Waals surface area contributed by atoms with Gasteiger partial charge in [-0.05, 0) is 28.8 Å². The van der Waals surface area contributed by atoms with Gasteiger partial charge in [-0.1, -0.05) is 37.5 Å². The van der Waals surface area contributed by atoms with Crippen LogP contribution < -0.4 is 0 Å². The molecule has 2 aromatic heterocycles. The minimum absolute atomic E-state index is 0.891. The molecule has 0 aliphatic carbocycles. The molecule has 3 nitrogen and oxygen atoms in total. The molecule has 0 aromatic carbocycles. The SMILES string of the molecule is CCCCCCc1cn2nc(Br)sc2n1. The van der Waals surface area contributed by atoms with E-state index >= 15 is 0 Å². The molecular formula is C10H14BrN3S. The molecule has 5 heteroatoms. The average molecular weight is 288 g/mol. The highest BCUT2D eigenvalue weighted by Crippen LogP contribution is 2.20. The zero-order chi connectivity index (χ0) is 10.7. The van der Waals surface area contributed by atoms with E-state index in [1.165, 1.54) is 25.7 Å². The molecule has 0 spiro atoms. The molecule has 0 saturated carbocycles. The summed E-state index contributed by atoms with van der Waals surface area (Å²) in [5, 5.41) is 4.27. The molecule has 0 fully saturated rings. The van der Waals surface area contributed by atoms with Gasteiger partial charge in [-0.15, -0.1) is 5.10 Å². The van der Waals surface area contributed by atoms with E-state index < -0.39 is 0 Å². The van der Waals surface area contributed by atoms with E-state index in [-0.39, 0.29) is 0 Å².